The van der Waals surface area contributed by atoms with E-state index in [1.54, 1.807) is 12.1 Å². The molecular weight excluding hydrogens is 535 g/mol. The van der Waals surface area contributed by atoms with Gasteiger partial charge in [0.25, 0.3) is 5.91 Å². The normalized spacial score (nSPS) is 22.6. The largest absolute Gasteiger partial charge is 0.462 e. The number of esters is 2. The summed E-state index contributed by atoms with van der Waals surface area (Å²) in [4.78, 5) is 63.4. The minimum atomic E-state index is -0.747. The van der Waals surface area contributed by atoms with E-state index in [9.17, 15) is 24.0 Å². The predicted molar refractivity (Wildman–Crippen MR) is 140 cm³/mol. The zero-order valence-electron chi connectivity index (χ0n) is 20.5. The molecule has 0 radical (unpaired) electrons. The first-order valence-electron chi connectivity index (χ1n) is 12.2. The van der Waals surface area contributed by atoms with Crippen molar-refractivity contribution in [3.63, 3.8) is 0 Å². The lowest BCUT2D eigenvalue weighted by Gasteiger charge is -2.28. The van der Waals surface area contributed by atoms with Crippen LogP contribution in [-0.4, -0.2) is 53.6 Å². The number of ether oxygens (including phenoxy) is 2. The van der Waals surface area contributed by atoms with Crippen molar-refractivity contribution in [2.75, 3.05) is 23.4 Å². The highest BCUT2D eigenvalue weighted by Crippen LogP contribution is 2.43. The Morgan fingerprint density at radius 2 is 1.34 bits per heavy atom. The van der Waals surface area contributed by atoms with Crippen molar-refractivity contribution in [1.29, 1.82) is 0 Å². The summed E-state index contributed by atoms with van der Waals surface area (Å²) in [6.45, 7) is 1.68. The van der Waals surface area contributed by atoms with Gasteiger partial charge in [0, 0.05) is 5.69 Å². The van der Waals surface area contributed by atoms with Crippen LogP contribution in [0.3, 0.4) is 0 Å². The fourth-order valence-corrected chi connectivity index (χ4v) is 5.07. The maximum absolute atomic E-state index is 12.9. The highest BCUT2D eigenvalue weighted by atomic mass is 35.5. The summed E-state index contributed by atoms with van der Waals surface area (Å²) in [7, 11) is 0. The number of imide groups is 1. The molecule has 1 saturated carbocycles. The number of nitrogens with zero attached hydrogens (tertiary/aromatic N) is 1. The number of fused-ring (bicyclic) bond motifs is 1. The van der Waals surface area contributed by atoms with Crippen molar-refractivity contribution >= 4 is 64.2 Å². The van der Waals surface area contributed by atoms with Gasteiger partial charge >= 0.3 is 11.9 Å². The molecule has 38 heavy (non-hydrogen) atoms. The average Bonchev–Trinajstić information content (AvgIpc) is 3.15. The fourth-order valence-electron chi connectivity index (χ4n) is 4.48. The van der Waals surface area contributed by atoms with Crippen molar-refractivity contribution in [2.24, 2.45) is 11.8 Å². The van der Waals surface area contributed by atoms with E-state index < -0.39 is 36.3 Å². The van der Waals surface area contributed by atoms with E-state index in [1.165, 1.54) is 36.4 Å². The summed E-state index contributed by atoms with van der Waals surface area (Å²) in [5.74, 6) is -3.43. The van der Waals surface area contributed by atoms with Crippen LogP contribution in [-0.2, 0) is 23.9 Å². The SMILES string of the molecule is CCCOC(=O)c1ccc(NC(=O)COC(=O)c2ccc(N3C(=O)[C@@H]4C[C@H](Cl)[C@@H](Cl)C[C@H]4C3=O)cc2)cc1. The van der Waals surface area contributed by atoms with E-state index >= 15 is 0 Å². The number of halogens is 2. The van der Waals surface area contributed by atoms with Crippen LogP contribution in [0, 0.1) is 11.8 Å². The second-order valence-electron chi connectivity index (χ2n) is 9.11. The second-order valence-corrected chi connectivity index (χ2v) is 10.2. The molecule has 1 N–H and O–H groups in total. The molecule has 0 unspecified atom stereocenters. The molecule has 0 spiro atoms. The fraction of sp³-hybridized carbons (Fsp3) is 0.370. The first kappa shape index (κ1) is 27.6. The Morgan fingerprint density at radius 1 is 0.842 bits per heavy atom. The third-order valence-electron chi connectivity index (χ3n) is 6.45. The van der Waals surface area contributed by atoms with Crippen LogP contribution in [0.4, 0.5) is 11.4 Å². The van der Waals surface area contributed by atoms with Gasteiger partial charge < -0.3 is 14.8 Å². The highest BCUT2D eigenvalue weighted by Gasteiger charge is 2.52. The monoisotopic (exact) mass is 560 g/mol. The maximum Gasteiger partial charge on any atom is 0.338 e. The number of carbonyl (C=O) groups is 5. The molecule has 4 atom stereocenters. The molecule has 0 bridgehead atoms. The van der Waals surface area contributed by atoms with Gasteiger partial charge in [0.05, 0.1) is 46.0 Å². The van der Waals surface area contributed by atoms with E-state index in [2.05, 4.69) is 5.32 Å². The van der Waals surface area contributed by atoms with Gasteiger partial charge in [0.2, 0.25) is 11.8 Å². The molecule has 11 heteroatoms. The molecule has 2 aromatic rings. The quantitative estimate of drug-likeness (QED) is 0.292. The predicted octanol–water partition coefficient (Wildman–Crippen LogP) is 4.16. The Hall–Kier alpha value is -3.43. The third-order valence-corrected chi connectivity index (χ3v) is 7.54. The molecule has 1 saturated heterocycles. The molecular formula is C27H26Cl2N2O7. The third kappa shape index (κ3) is 6.00. The number of hydrogen-bond donors (Lipinski definition) is 1. The van der Waals surface area contributed by atoms with E-state index in [1.807, 2.05) is 6.92 Å². The summed E-state index contributed by atoms with van der Waals surface area (Å²) in [5.41, 5.74) is 1.26. The molecule has 0 aromatic heterocycles. The number of rotatable bonds is 8. The number of amides is 3. The Balaban J connectivity index is 1.30. The number of hydrogen-bond acceptors (Lipinski definition) is 7. The van der Waals surface area contributed by atoms with Crippen LogP contribution in [0.2, 0.25) is 0 Å². The Morgan fingerprint density at radius 3 is 1.87 bits per heavy atom. The lowest BCUT2D eigenvalue weighted by Crippen LogP contribution is -2.34. The topological polar surface area (TPSA) is 119 Å². The summed E-state index contributed by atoms with van der Waals surface area (Å²) in [6, 6.07) is 11.9. The van der Waals surface area contributed by atoms with Crippen molar-refractivity contribution in [3.05, 3.63) is 59.7 Å². The summed E-state index contributed by atoms with van der Waals surface area (Å²) < 4.78 is 10.1. The highest BCUT2D eigenvalue weighted by molar-refractivity contribution is 6.31. The molecule has 2 fully saturated rings. The van der Waals surface area contributed by atoms with Crippen LogP contribution in [0.1, 0.15) is 46.9 Å². The molecule has 9 nitrogen and oxygen atoms in total. The summed E-state index contributed by atoms with van der Waals surface area (Å²) in [5, 5.41) is 1.82. The van der Waals surface area contributed by atoms with Gasteiger partial charge in [-0.3, -0.25) is 19.3 Å². The van der Waals surface area contributed by atoms with E-state index in [0.29, 0.717) is 42.8 Å². The van der Waals surface area contributed by atoms with E-state index in [0.717, 1.165) is 4.90 Å². The van der Waals surface area contributed by atoms with E-state index in [-0.39, 0.29) is 28.1 Å². The Kier molecular flexibility index (Phi) is 8.69. The molecule has 1 heterocycles. The Labute approximate surface area is 229 Å². The van der Waals surface area contributed by atoms with Gasteiger partial charge in [-0.1, -0.05) is 6.92 Å². The van der Waals surface area contributed by atoms with Crippen LogP contribution in [0.5, 0.6) is 0 Å². The zero-order chi connectivity index (χ0) is 27.4. The van der Waals surface area contributed by atoms with Crippen molar-refractivity contribution < 1.29 is 33.4 Å². The van der Waals surface area contributed by atoms with Crippen molar-refractivity contribution in [3.8, 4) is 0 Å². The van der Waals surface area contributed by atoms with Gasteiger partial charge in [-0.05, 0) is 67.8 Å². The minimum Gasteiger partial charge on any atom is -0.462 e. The molecule has 2 aliphatic rings. The standard InChI is InChI=1S/C27H26Cl2N2O7/c1-2-11-37-26(35)15-3-7-17(8-4-15)30-23(32)14-38-27(36)16-5-9-18(10-6-16)31-24(33)19-12-21(28)22(29)13-20(19)25(31)34/h3-10,19-22H,2,11-14H2,1H3,(H,30,32)/t19-,20-,21+,22+/m1/s1. The first-order valence-corrected chi connectivity index (χ1v) is 13.1. The number of alkyl halides is 2. The molecule has 4 rings (SSSR count). The molecule has 200 valence electrons. The number of anilines is 2. The molecule has 3 amide bonds. The summed E-state index contributed by atoms with van der Waals surface area (Å²) in [6.07, 6.45) is 1.39. The van der Waals surface area contributed by atoms with Crippen LogP contribution >= 0.6 is 23.2 Å². The maximum atomic E-state index is 12.9. The van der Waals surface area contributed by atoms with Crippen molar-refractivity contribution in [2.45, 2.75) is 36.9 Å². The Bertz CT molecular complexity index is 1200. The molecule has 1 aliphatic heterocycles. The number of nitrogens with one attached hydrogen (secondary N) is 1. The summed E-state index contributed by atoms with van der Waals surface area (Å²) >= 11 is 12.4. The first-order chi connectivity index (χ1) is 18.2. The van der Waals surface area contributed by atoms with Gasteiger partial charge in [-0.2, -0.15) is 0 Å². The van der Waals surface area contributed by atoms with Crippen LogP contribution in [0.25, 0.3) is 0 Å². The zero-order valence-corrected chi connectivity index (χ0v) is 22.0. The van der Waals surface area contributed by atoms with Crippen LogP contribution in [0.15, 0.2) is 48.5 Å². The van der Waals surface area contributed by atoms with Crippen LogP contribution < -0.4 is 10.2 Å². The lowest BCUT2D eigenvalue weighted by atomic mass is 9.80. The number of benzene rings is 2. The molecule has 2 aromatic carbocycles. The number of carbonyl (C=O) groups excluding carboxylic acids is 5. The lowest BCUT2D eigenvalue weighted by molar-refractivity contribution is -0.122. The smallest absolute Gasteiger partial charge is 0.338 e. The second kappa shape index (κ2) is 12.0. The van der Waals surface area contributed by atoms with Crippen molar-refractivity contribution in [1.82, 2.24) is 0 Å². The molecule has 1 aliphatic carbocycles. The van der Waals surface area contributed by atoms with Gasteiger partial charge in [0.1, 0.15) is 0 Å². The average molecular weight is 561 g/mol. The van der Waals surface area contributed by atoms with Gasteiger partial charge in [-0.25, -0.2) is 9.59 Å². The van der Waals surface area contributed by atoms with Gasteiger partial charge in [0.15, 0.2) is 6.61 Å². The van der Waals surface area contributed by atoms with E-state index in [4.69, 9.17) is 32.7 Å². The van der Waals surface area contributed by atoms with Gasteiger partial charge in [-0.15, -0.1) is 23.2 Å². The minimum absolute atomic E-state index is 0.148.